The Morgan fingerprint density at radius 1 is 1.32 bits per heavy atom. The van der Waals surface area contributed by atoms with Crippen molar-refractivity contribution in [3.05, 3.63) is 27.1 Å². The summed E-state index contributed by atoms with van der Waals surface area (Å²) in [5, 5.41) is 0. The molecular formula is C12H17Br2NO3S. The number of ether oxygens (including phenoxy) is 1. The zero-order valence-electron chi connectivity index (χ0n) is 10.8. The Hall–Kier alpha value is 0.0500. The molecule has 1 aromatic carbocycles. The highest BCUT2D eigenvalue weighted by atomic mass is 79.9. The summed E-state index contributed by atoms with van der Waals surface area (Å²) in [6, 6.07) is 4.96. The predicted molar refractivity (Wildman–Crippen MR) is 82.7 cm³/mol. The van der Waals surface area contributed by atoms with Crippen LogP contribution >= 0.6 is 31.9 Å². The second kappa shape index (κ2) is 7.73. The molecule has 0 bridgehead atoms. The molecule has 0 fully saturated rings. The summed E-state index contributed by atoms with van der Waals surface area (Å²) in [5.74, 6) is 0. The molecule has 0 heterocycles. The topological polar surface area (TPSA) is 55.4 Å². The summed E-state index contributed by atoms with van der Waals surface area (Å²) in [6.45, 7) is 4.80. The third-order valence-corrected chi connectivity index (χ3v) is 5.18. The van der Waals surface area contributed by atoms with Gasteiger partial charge in [-0.05, 0) is 54.4 Å². The minimum absolute atomic E-state index is 0.164. The minimum Gasteiger partial charge on any atom is -0.379 e. The Kier molecular flexibility index (Phi) is 6.96. The largest absolute Gasteiger partial charge is 0.379 e. The molecule has 0 saturated heterocycles. The molecule has 0 radical (unpaired) electrons. The normalized spacial score (nSPS) is 12.1. The summed E-state index contributed by atoms with van der Waals surface area (Å²) in [6.07, 6.45) is 0.808. The van der Waals surface area contributed by atoms with Gasteiger partial charge < -0.3 is 4.74 Å². The number of halogens is 2. The molecule has 0 aliphatic carbocycles. The molecule has 0 aromatic heterocycles. The van der Waals surface area contributed by atoms with Crippen molar-refractivity contribution in [3.63, 3.8) is 0 Å². The number of hydrogen-bond donors (Lipinski definition) is 1. The molecule has 1 aromatic rings. The first kappa shape index (κ1) is 17.1. The molecule has 0 saturated carbocycles. The molecule has 1 rings (SSSR count). The standard InChI is InChI=1S/C12H17Br2NO3S/c1-9(2)18-7-3-6-15-19(16,17)12-5-4-10(13)8-11(12)14/h4-5,8-9,15H,3,6-7H2,1-2H3. The maximum Gasteiger partial charge on any atom is 0.241 e. The third-order valence-electron chi connectivity index (χ3n) is 2.25. The van der Waals surface area contributed by atoms with Crippen LogP contribution in [-0.4, -0.2) is 27.7 Å². The van der Waals surface area contributed by atoms with Crippen LogP contribution in [0, 0.1) is 0 Å². The minimum atomic E-state index is -3.48. The van der Waals surface area contributed by atoms with Gasteiger partial charge in [-0.1, -0.05) is 15.9 Å². The van der Waals surface area contributed by atoms with Gasteiger partial charge in [-0.3, -0.25) is 0 Å². The molecule has 4 nitrogen and oxygen atoms in total. The van der Waals surface area contributed by atoms with Crippen molar-refractivity contribution >= 4 is 41.9 Å². The molecule has 0 atom stereocenters. The molecule has 108 valence electrons. The van der Waals surface area contributed by atoms with E-state index in [4.69, 9.17) is 4.74 Å². The Labute approximate surface area is 131 Å². The molecule has 0 aliphatic heterocycles. The summed E-state index contributed by atoms with van der Waals surface area (Å²) in [7, 11) is -3.48. The maximum atomic E-state index is 12.1. The van der Waals surface area contributed by atoms with Gasteiger partial charge in [0.2, 0.25) is 10.0 Å². The van der Waals surface area contributed by atoms with Crippen LogP contribution in [-0.2, 0) is 14.8 Å². The van der Waals surface area contributed by atoms with Crippen molar-refractivity contribution < 1.29 is 13.2 Å². The second-order valence-electron chi connectivity index (χ2n) is 4.25. The van der Waals surface area contributed by atoms with Gasteiger partial charge in [-0.15, -0.1) is 0 Å². The lowest BCUT2D eigenvalue weighted by atomic mass is 10.4. The van der Waals surface area contributed by atoms with E-state index in [0.29, 0.717) is 24.0 Å². The summed E-state index contributed by atoms with van der Waals surface area (Å²) in [5.41, 5.74) is 0. The number of sulfonamides is 1. The van der Waals surface area contributed by atoms with Gasteiger partial charge in [-0.25, -0.2) is 13.1 Å². The zero-order valence-corrected chi connectivity index (χ0v) is 14.8. The van der Waals surface area contributed by atoms with Gasteiger partial charge in [0.25, 0.3) is 0 Å². The first-order chi connectivity index (χ1) is 8.83. The Morgan fingerprint density at radius 3 is 2.58 bits per heavy atom. The van der Waals surface area contributed by atoms with Gasteiger partial charge >= 0.3 is 0 Å². The van der Waals surface area contributed by atoms with Crippen LogP contribution < -0.4 is 4.72 Å². The first-order valence-electron chi connectivity index (χ1n) is 5.89. The van der Waals surface area contributed by atoms with E-state index in [2.05, 4.69) is 36.6 Å². The van der Waals surface area contributed by atoms with Crippen molar-refractivity contribution in [2.75, 3.05) is 13.2 Å². The fourth-order valence-corrected chi connectivity index (χ4v) is 4.19. The Balaban J connectivity index is 2.56. The van der Waals surface area contributed by atoms with Crippen molar-refractivity contribution in [1.29, 1.82) is 0 Å². The molecular weight excluding hydrogens is 398 g/mol. The van der Waals surface area contributed by atoms with Gasteiger partial charge in [0, 0.05) is 22.1 Å². The molecule has 0 aliphatic rings. The smallest absolute Gasteiger partial charge is 0.241 e. The fraction of sp³-hybridized carbons (Fsp3) is 0.500. The lowest BCUT2D eigenvalue weighted by Gasteiger charge is -2.10. The van der Waals surface area contributed by atoms with E-state index in [-0.39, 0.29) is 11.0 Å². The molecule has 0 amide bonds. The van der Waals surface area contributed by atoms with Crippen LogP contribution in [0.5, 0.6) is 0 Å². The van der Waals surface area contributed by atoms with Crippen LogP contribution in [0.2, 0.25) is 0 Å². The van der Waals surface area contributed by atoms with E-state index in [1.165, 1.54) is 0 Å². The van der Waals surface area contributed by atoms with E-state index in [0.717, 1.165) is 4.47 Å². The molecule has 1 N–H and O–H groups in total. The van der Waals surface area contributed by atoms with Gasteiger partial charge in [0.05, 0.1) is 11.0 Å². The van der Waals surface area contributed by atoms with Crippen LogP contribution in [0.1, 0.15) is 20.3 Å². The highest BCUT2D eigenvalue weighted by Gasteiger charge is 2.16. The molecule has 7 heteroatoms. The zero-order chi connectivity index (χ0) is 14.5. The average molecular weight is 415 g/mol. The number of benzene rings is 1. The van der Waals surface area contributed by atoms with Crippen LogP contribution in [0.4, 0.5) is 0 Å². The lowest BCUT2D eigenvalue weighted by Crippen LogP contribution is -2.26. The van der Waals surface area contributed by atoms with Crippen molar-refractivity contribution in [2.24, 2.45) is 0 Å². The summed E-state index contributed by atoms with van der Waals surface area (Å²) in [4.78, 5) is 0.237. The SMILES string of the molecule is CC(C)OCCCNS(=O)(=O)c1ccc(Br)cc1Br. The van der Waals surface area contributed by atoms with Crippen molar-refractivity contribution in [2.45, 2.75) is 31.3 Å². The number of rotatable bonds is 7. The number of nitrogens with one attached hydrogen (secondary N) is 1. The Bertz CT molecular complexity index is 518. The monoisotopic (exact) mass is 413 g/mol. The number of hydrogen-bond acceptors (Lipinski definition) is 3. The highest BCUT2D eigenvalue weighted by Crippen LogP contribution is 2.25. The molecule has 19 heavy (non-hydrogen) atoms. The summed E-state index contributed by atoms with van der Waals surface area (Å²) < 4.78 is 33.4. The first-order valence-corrected chi connectivity index (χ1v) is 8.96. The van der Waals surface area contributed by atoms with Crippen LogP contribution in [0.25, 0.3) is 0 Å². The quantitative estimate of drug-likeness (QED) is 0.696. The van der Waals surface area contributed by atoms with Crippen molar-refractivity contribution in [1.82, 2.24) is 4.72 Å². The highest BCUT2D eigenvalue weighted by molar-refractivity contribution is 9.11. The average Bonchev–Trinajstić information content (AvgIpc) is 2.27. The fourth-order valence-electron chi connectivity index (χ4n) is 1.37. The van der Waals surface area contributed by atoms with Crippen molar-refractivity contribution in [3.8, 4) is 0 Å². The van der Waals surface area contributed by atoms with E-state index >= 15 is 0 Å². The predicted octanol–water partition coefficient (Wildman–Crippen LogP) is 3.31. The molecule has 0 spiro atoms. The van der Waals surface area contributed by atoms with E-state index in [9.17, 15) is 8.42 Å². The maximum absolute atomic E-state index is 12.1. The Morgan fingerprint density at radius 2 is 2.00 bits per heavy atom. The second-order valence-corrected chi connectivity index (χ2v) is 7.75. The van der Waals surface area contributed by atoms with E-state index < -0.39 is 10.0 Å². The summed E-state index contributed by atoms with van der Waals surface area (Å²) >= 11 is 6.54. The van der Waals surface area contributed by atoms with E-state index in [1.807, 2.05) is 13.8 Å². The van der Waals surface area contributed by atoms with Gasteiger partial charge in [0.1, 0.15) is 0 Å². The van der Waals surface area contributed by atoms with E-state index in [1.54, 1.807) is 18.2 Å². The van der Waals surface area contributed by atoms with Gasteiger partial charge in [0.15, 0.2) is 0 Å². The lowest BCUT2D eigenvalue weighted by molar-refractivity contribution is 0.0778. The van der Waals surface area contributed by atoms with Crippen LogP contribution in [0.3, 0.4) is 0 Å². The third kappa shape index (κ3) is 5.91. The van der Waals surface area contributed by atoms with Gasteiger partial charge in [-0.2, -0.15) is 0 Å². The van der Waals surface area contributed by atoms with Crippen LogP contribution in [0.15, 0.2) is 32.0 Å². The molecule has 0 unspecified atom stereocenters.